The van der Waals surface area contributed by atoms with Crippen molar-refractivity contribution in [2.45, 2.75) is 12.2 Å². The van der Waals surface area contributed by atoms with Gasteiger partial charge in [0.1, 0.15) is 11.4 Å². The Bertz CT molecular complexity index is 954. The number of anilines is 2. The molecule has 0 spiro atoms. The molecule has 2 heterocycles. The number of morpholine rings is 1. The molecule has 2 aromatic rings. The molecule has 0 radical (unpaired) electrons. The van der Waals surface area contributed by atoms with Gasteiger partial charge in [0.15, 0.2) is 11.6 Å². The summed E-state index contributed by atoms with van der Waals surface area (Å²) in [5.41, 5.74) is -0.520. The number of ether oxygens (including phenoxy) is 2. The molecule has 174 valence electrons. The highest BCUT2D eigenvalue weighted by Gasteiger charge is 2.42. The van der Waals surface area contributed by atoms with Gasteiger partial charge in [0.2, 0.25) is 0 Å². The Morgan fingerprint density at radius 1 is 1.06 bits per heavy atom. The Hall–Kier alpha value is -1.44. The summed E-state index contributed by atoms with van der Waals surface area (Å²) in [6.45, 7) is 4.76. The summed E-state index contributed by atoms with van der Waals surface area (Å²) >= 11 is 1.97. The van der Waals surface area contributed by atoms with Crippen LogP contribution in [-0.2, 0) is 16.1 Å². The van der Waals surface area contributed by atoms with E-state index in [4.69, 9.17) is 9.47 Å². The Balaban J connectivity index is 1.32. The Morgan fingerprint density at radius 3 is 2.53 bits per heavy atom. The van der Waals surface area contributed by atoms with Crippen LogP contribution in [0.4, 0.5) is 24.5 Å². The van der Waals surface area contributed by atoms with Crippen LogP contribution < -0.4 is 5.32 Å². The Labute approximate surface area is 198 Å². The standard InChI is InChI=1S/C22H25F3IN3O3/c23-17-3-1-15(21(20(17)25)27-19-4-2-16(26)9-18(19)24)10-32-14-29-12-22(30,13-29)11-28-5-7-31-8-6-28/h1-4,9,27,30H,5-8,10-14H2. The molecule has 0 unspecified atom stereocenters. The number of β-amino-alcohol motifs (C(OH)–C–C–N with tert-alkyl or cyclic N) is 1. The number of nitrogens with one attached hydrogen (secondary N) is 1. The molecule has 0 atom stereocenters. The molecule has 0 aromatic heterocycles. The molecule has 0 saturated carbocycles. The fraction of sp³-hybridized carbons (Fsp3) is 0.455. The number of hydrogen-bond donors (Lipinski definition) is 2. The maximum absolute atomic E-state index is 14.5. The first-order valence-electron chi connectivity index (χ1n) is 10.3. The van der Waals surface area contributed by atoms with E-state index in [2.05, 4.69) is 10.2 Å². The van der Waals surface area contributed by atoms with E-state index in [9.17, 15) is 18.3 Å². The summed E-state index contributed by atoms with van der Waals surface area (Å²) in [7, 11) is 0. The summed E-state index contributed by atoms with van der Waals surface area (Å²) in [5, 5.41) is 13.3. The molecule has 2 aromatic carbocycles. The molecular formula is C22H25F3IN3O3. The second-order valence-corrected chi connectivity index (χ2v) is 9.47. The van der Waals surface area contributed by atoms with Crippen molar-refractivity contribution in [3.8, 4) is 0 Å². The zero-order valence-corrected chi connectivity index (χ0v) is 19.6. The molecule has 4 rings (SSSR count). The van der Waals surface area contributed by atoms with Crippen LogP contribution in [0.1, 0.15) is 5.56 Å². The fourth-order valence-electron chi connectivity index (χ4n) is 4.01. The second-order valence-electron chi connectivity index (χ2n) is 8.22. The smallest absolute Gasteiger partial charge is 0.182 e. The van der Waals surface area contributed by atoms with Gasteiger partial charge in [0, 0.05) is 41.9 Å². The summed E-state index contributed by atoms with van der Waals surface area (Å²) in [5.74, 6) is -2.68. The first kappa shape index (κ1) is 23.7. The van der Waals surface area contributed by atoms with Crippen LogP contribution in [0.5, 0.6) is 0 Å². The molecule has 2 fully saturated rings. The monoisotopic (exact) mass is 563 g/mol. The summed E-state index contributed by atoms with van der Waals surface area (Å²) in [6, 6.07) is 6.88. The van der Waals surface area contributed by atoms with Crippen LogP contribution >= 0.6 is 22.6 Å². The average Bonchev–Trinajstić information content (AvgIpc) is 2.74. The van der Waals surface area contributed by atoms with E-state index in [1.54, 1.807) is 6.07 Å². The summed E-state index contributed by atoms with van der Waals surface area (Å²) < 4.78 is 54.2. The van der Waals surface area contributed by atoms with Crippen LogP contribution in [0.2, 0.25) is 0 Å². The zero-order valence-electron chi connectivity index (χ0n) is 17.4. The van der Waals surface area contributed by atoms with Crippen molar-refractivity contribution in [1.82, 2.24) is 9.80 Å². The predicted octanol–water partition coefficient (Wildman–Crippen LogP) is 3.31. The van der Waals surface area contributed by atoms with Gasteiger partial charge in [0.25, 0.3) is 0 Å². The Morgan fingerprint density at radius 2 is 1.81 bits per heavy atom. The molecule has 2 aliphatic rings. The van der Waals surface area contributed by atoms with E-state index in [0.29, 0.717) is 42.0 Å². The van der Waals surface area contributed by atoms with Crippen LogP contribution in [0.15, 0.2) is 30.3 Å². The van der Waals surface area contributed by atoms with E-state index >= 15 is 0 Å². The van der Waals surface area contributed by atoms with Gasteiger partial charge in [-0.2, -0.15) is 0 Å². The van der Waals surface area contributed by atoms with Crippen LogP contribution in [0.3, 0.4) is 0 Å². The number of rotatable bonds is 8. The Kier molecular flexibility index (Phi) is 7.58. The third-order valence-corrected chi connectivity index (χ3v) is 6.23. The van der Waals surface area contributed by atoms with Gasteiger partial charge in [-0.05, 0) is 46.9 Å². The lowest BCUT2D eigenvalue weighted by molar-refractivity contribution is -0.154. The highest BCUT2D eigenvalue weighted by Crippen LogP contribution is 2.29. The first-order valence-corrected chi connectivity index (χ1v) is 11.4. The van der Waals surface area contributed by atoms with E-state index in [-0.39, 0.29) is 24.7 Å². The maximum Gasteiger partial charge on any atom is 0.182 e. The lowest BCUT2D eigenvalue weighted by Crippen LogP contribution is -2.67. The van der Waals surface area contributed by atoms with Crippen LogP contribution in [0.25, 0.3) is 0 Å². The lowest BCUT2D eigenvalue weighted by Gasteiger charge is -2.48. The number of benzene rings is 2. The van der Waals surface area contributed by atoms with E-state index in [1.165, 1.54) is 18.2 Å². The van der Waals surface area contributed by atoms with Gasteiger partial charge in [-0.3, -0.25) is 9.80 Å². The minimum Gasteiger partial charge on any atom is -0.386 e. The van der Waals surface area contributed by atoms with Gasteiger partial charge >= 0.3 is 0 Å². The molecule has 0 aliphatic carbocycles. The number of aliphatic hydroxyl groups is 1. The molecule has 32 heavy (non-hydrogen) atoms. The van der Waals surface area contributed by atoms with Gasteiger partial charge < -0.3 is 19.9 Å². The predicted molar refractivity (Wildman–Crippen MR) is 122 cm³/mol. The molecule has 10 heteroatoms. The quantitative estimate of drug-likeness (QED) is 0.481. The first-order chi connectivity index (χ1) is 15.3. The van der Waals surface area contributed by atoms with Crippen molar-refractivity contribution >= 4 is 34.0 Å². The van der Waals surface area contributed by atoms with Crippen molar-refractivity contribution in [2.75, 3.05) is 58.0 Å². The van der Waals surface area contributed by atoms with E-state index in [0.717, 1.165) is 19.2 Å². The number of nitrogens with zero attached hydrogens (tertiary/aromatic N) is 2. The number of hydrogen-bond acceptors (Lipinski definition) is 6. The van der Waals surface area contributed by atoms with Crippen molar-refractivity contribution in [3.05, 3.63) is 56.9 Å². The highest BCUT2D eigenvalue weighted by molar-refractivity contribution is 14.1. The van der Waals surface area contributed by atoms with Gasteiger partial charge in [-0.1, -0.05) is 6.07 Å². The van der Waals surface area contributed by atoms with Crippen molar-refractivity contribution in [2.24, 2.45) is 0 Å². The van der Waals surface area contributed by atoms with E-state index < -0.39 is 23.1 Å². The number of halogens is 4. The molecule has 0 amide bonds. The van der Waals surface area contributed by atoms with Gasteiger partial charge in [-0.25, -0.2) is 13.2 Å². The van der Waals surface area contributed by atoms with Crippen molar-refractivity contribution < 1.29 is 27.8 Å². The molecule has 6 nitrogen and oxygen atoms in total. The van der Waals surface area contributed by atoms with Crippen LogP contribution in [0, 0.1) is 21.0 Å². The topological polar surface area (TPSA) is 57.2 Å². The molecule has 2 saturated heterocycles. The lowest BCUT2D eigenvalue weighted by atomic mass is 9.94. The fourth-order valence-corrected chi connectivity index (χ4v) is 4.46. The largest absolute Gasteiger partial charge is 0.386 e. The minimum atomic E-state index is -1.09. The second kappa shape index (κ2) is 10.2. The third kappa shape index (κ3) is 5.72. The molecular weight excluding hydrogens is 538 g/mol. The molecule has 2 N–H and O–H groups in total. The average molecular weight is 563 g/mol. The van der Waals surface area contributed by atoms with Gasteiger partial charge in [0.05, 0.1) is 37.9 Å². The zero-order chi connectivity index (χ0) is 22.7. The maximum atomic E-state index is 14.5. The van der Waals surface area contributed by atoms with Crippen molar-refractivity contribution in [3.63, 3.8) is 0 Å². The SMILES string of the molecule is OC1(CN2CCOCC2)CN(COCc2ccc(F)c(F)c2Nc2ccc(I)cc2F)C1. The third-order valence-electron chi connectivity index (χ3n) is 5.56. The minimum absolute atomic E-state index is 0.00388. The van der Waals surface area contributed by atoms with Gasteiger partial charge in [-0.15, -0.1) is 0 Å². The summed E-state index contributed by atoms with van der Waals surface area (Å²) in [4.78, 5) is 4.12. The number of likely N-dealkylation sites (tertiary alicyclic amines) is 1. The highest BCUT2D eigenvalue weighted by atomic mass is 127. The molecule has 0 bridgehead atoms. The van der Waals surface area contributed by atoms with E-state index in [1.807, 2.05) is 27.5 Å². The molecule has 2 aliphatic heterocycles. The normalized spacial score (nSPS) is 19.0. The van der Waals surface area contributed by atoms with Crippen LogP contribution in [-0.4, -0.2) is 73.2 Å². The summed E-state index contributed by atoms with van der Waals surface area (Å²) in [6.07, 6.45) is 0. The van der Waals surface area contributed by atoms with Crippen molar-refractivity contribution in [1.29, 1.82) is 0 Å².